The van der Waals surface area contributed by atoms with Gasteiger partial charge in [-0.05, 0) is 30.8 Å². The van der Waals surface area contributed by atoms with E-state index in [1.807, 2.05) is 18.8 Å². The highest BCUT2D eigenvalue weighted by Gasteiger charge is 2.29. The molecule has 1 aliphatic heterocycles. The molecule has 0 amide bonds. The third kappa shape index (κ3) is 3.48. The van der Waals surface area contributed by atoms with Gasteiger partial charge in [0, 0.05) is 20.1 Å². The van der Waals surface area contributed by atoms with Crippen LogP contribution in [0.2, 0.25) is 0 Å². The number of nitrogens with zero attached hydrogens (tertiary/aromatic N) is 2. The first kappa shape index (κ1) is 15.7. The van der Waals surface area contributed by atoms with Crippen molar-refractivity contribution in [1.82, 2.24) is 15.1 Å². The molecule has 0 unspecified atom stereocenters. The molecule has 114 valence electrons. The molecule has 1 saturated heterocycles. The smallest absolute Gasteiger partial charge is 0.216 e. The van der Waals surface area contributed by atoms with E-state index in [4.69, 9.17) is 4.74 Å². The van der Waals surface area contributed by atoms with Gasteiger partial charge in [0.15, 0.2) is 0 Å². The van der Waals surface area contributed by atoms with Crippen molar-refractivity contribution >= 4 is 11.8 Å². The van der Waals surface area contributed by atoms with Crippen LogP contribution in [-0.2, 0) is 20.0 Å². The molecule has 1 aromatic heterocycles. The molecular weight excluding hydrogens is 274 g/mol. The summed E-state index contributed by atoms with van der Waals surface area (Å²) in [6, 6.07) is 0. The molecule has 0 spiro atoms. The number of hydrogen-bond acceptors (Lipinski definition) is 5. The fourth-order valence-electron chi connectivity index (χ4n) is 2.67. The monoisotopic (exact) mass is 299 g/mol. The maximum atomic E-state index is 10.5. The Morgan fingerprint density at radius 3 is 2.75 bits per heavy atom. The Balaban J connectivity index is 1.96. The largest absolute Gasteiger partial charge is 0.481 e. The number of methoxy groups -OCH3 is 1. The van der Waals surface area contributed by atoms with E-state index in [2.05, 4.69) is 17.3 Å². The van der Waals surface area contributed by atoms with Crippen molar-refractivity contribution in [3.63, 3.8) is 0 Å². The summed E-state index contributed by atoms with van der Waals surface area (Å²) in [6.07, 6.45) is 2.63. The van der Waals surface area contributed by atoms with Gasteiger partial charge in [-0.3, -0.25) is 0 Å². The zero-order valence-corrected chi connectivity index (χ0v) is 13.4. The maximum Gasteiger partial charge on any atom is 0.216 e. The van der Waals surface area contributed by atoms with Crippen molar-refractivity contribution in [1.29, 1.82) is 0 Å². The fraction of sp³-hybridized carbons (Fsp3) is 0.786. The highest BCUT2D eigenvalue weighted by Crippen LogP contribution is 2.27. The van der Waals surface area contributed by atoms with Gasteiger partial charge in [-0.1, -0.05) is 6.92 Å². The lowest BCUT2D eigenvalue weighted by molar-refractivity contribution is 0.0319. The minimum Gasteiger partial charge on any atom is -0.481 e. The third-order valence-corrected chi connectivity index (χ3v) is 4.86. The van der Waals surface area contributed by atoms with Crippen LogP contribution in [0.25, 0.3) is 0 Å². The van der Waals surface area contributed by atoms with Crippen LogP contribution in [0.1, 0.15) is 31.0 Å². The van der Waals surface area contributed by atoms with Crippen LogP contribution < -0.4 is 10.1 Å². The normalized spacial score (nSPS) is 18.2. The Morgan fingerprint density at radius 1 is 1.45 bits per heavy atom. The van der Waals surface area contributed by atoms with E-state index in [1.54, 1.807) is 11.8 Å². The average Bonchev–Trinajstić information content (AvgIpc) is 2.75. The third-order valence-electron chi connectivity index (χ3n) is 3.88. The van der Waals surface area contributed by atoms with Gasteiger partial charge >= 0.3 is 0 Å². The van der Waals surface area contributed by atoms with Crippen molar-refractivity contribution in [3.05, 3.63) is 11.3 Å². The van der Waals surface area contributed by atoms with Gasteiger partial charge < -0.3 is 15.2 Å². The second-order valence-corrected chi connectivity index (χ2v) is 6.58. The van der Waals surface area contributed by atoms with Gasteiger partial charge in [0.05, 0.1) is 24.0 Å². The molecule has 6 heteroatoms. The number of nitrogens with one attached hydrogen (secondary N) is 1. The van der Waals surface area contributed by atoms with Crippen LogP contribution in [0.4, 0.5) is 0 Å². The van der Waals surface area contributed by atoms with Gasteiger partial charge in [0.25, 0.3) is 0 Å². The predicted molar refractivity (Wildman–Crippen MR) is 82.4 cm³/mol. The van der Waals surface area contributed by atoms with Crippen LogP contribution in [0.15, 0.2) is 0 Å². The first-order valence-electron chi connectivity index (χ1n) is 7.19. The Kier molecular flexibility index (Phi) is 5.35. The average molecular weight is 299 g/mol. The molecule has 2 rings (SSSR count). The van der Waals surface area contributed by atoms with Gasteiger partial charge in [-0.25, -0.2) is 4.68 Å². The molecule has 2 heterocycles. The molecule has 1 aliphatic rings. The van der Waals surface area contributed by atoms with Crippen LogP contribution in [-0.4, -0.2) is 45.6 Å². The minimum absolute atomic E-state index is 0.549. The molecule has 0 atom stereocenters. The molecule has 0 radical (unpaired) electrons. The number of ether oxygens (including phenoxy) is 1. The molecule has 5 nitrogen and oxygen atoms in total. The van der Waals surface area contributed by atoms with Crippen molar-refractivity contribution in [2.24, 2.45) is 7.05 Å². The Morgan fingerprint density at radius 2 is 2.15 bits per heavy atom. The quantitative estimate of drug-likeness (QED) is 0.830. The standard InChI is InChI=1S/C14H25N3O2S/c1-4-12-11(13(19-3)17(2)16-12)9-15-10-14(18)5-7-20-8-6-14/h15,18H,4-10H2,1-3H3. The van der Waals surface area contributed by atoms with Crippen LogP contribution in [0, 0.1) is 0 Å². The summed E-state index contributed by atoms with van der Waals surface area (Å²) in [5.41, 5.74) is 1.61. The number of aryl methyl sites for hydroxylation is 2. The number of aliphatic hydroxyl groups is 1. The summed E-state index contributed by atoms with van der Waals surface area (Å²) in [7, 11) is 3.57. The summed E-state index contributed by atoms with van der Waals surface area (Å²) in [5.74, 6) is 2.91. The zero-order valence-electron chi connectivity index (χ0n) is 12.6. The van der Waals surface area contributed by atoms with Crippen LogP contribution in [0.3, 0.4) is 0 Å². The lowest BCUT2D eigenvalue weighted by Gasteiger charge is -2.32. The van der Waals surface area contributed by atoms with Crippen molar-refractivity contribution in [2.45, 2.75) is 38.3 Å². The number of hydrogen-bond donors (Lipinski definition) is 2. The SMILES string of the molecule is CCc1nn(C)c(OC)c1CNCC1(O)CCSCC1. The Bertz CT molecular complexity index is 442. The second-order valence-electron chi connectivity index (χ2n) is 5.35. The molecule has 20 heavy (non-hydrogen) atoms. The maximum absolute atomic E-state index is 10.5. The molecule has 1 fully saturated rings. The van der Waals surface area contributed by atoms with Crippen LogP contribution >= 0.6 is 11.8 Å². The molecule has 0 aliphatic carbocycles. The van der Waals surface area contributed by atoms with E-state index in [-0.39, 0.29) is 0 Å². The molecular formula is C14H25N3O2S. The van der Waals surface area contributed by atoms with Crippen molar-refractivity contribution < 1.29 is 9.84 Å². The second kappa shape index (κ2) is 6.83. The van der Waals surface area contributed by atoms with E-state index in [1.165, 1.54) is 0 Å². The summed E-state index contributed by atoms with van der Waals surface area (Å²) < 4.78 is 7.20. The Labute approximate surface area is 125 Å². The summed E-state index contributed by atoms with van der Waals surface area (Å²) in [6.45, 7) is 3.42. The van der Waals surface area contributed by atoms with E-state index < -0.39 is 5.60 Å². The predicted octanol–water partition coefficient (Wildman–Crippen LogP) is 1.34. The topological polar surface area (TPSA) is 59.3 Å². The van der Waals surface area contributed by atoms with E-state index in [0.29, 0.717) is 13.1 Å². The number of thioether (sulfide) groups is 1. The van der Waals surface area contributed by atoms with E-state index >= 15 is 0 Å². The van der Waals surface area contributed by atoms with E-state index in [0.717, 1.165) is 47.9 Å². The molecule has 1 aromatic rings. The Hall–Kier alpha value is -0.720. The molecule has 0 aromatic carbocycles. The fourth-order valence-corrected chi connectivity index (χ4v) is 3.92. The lowest BCUT2D eigenvalue weighted by Crippen LogP contribution is -2.43. The zero-order chi connectivity index (χ0) is 14.6. The van der Waals surface area contributed by atoms with Gasteiger partial charge in [0.1, 0.15) is 0 Å². The van der Waals surface area contributed by atoms with Gasteiger partial charge in [-0.2, -0.15) is 16.9 Å². The van der Waals surface area contributed by atoms with Crippen molar-refractivity contribution in [2.75, 3.05) is 25.2 Å². The first-order valence-corrected chi connectivity index (χ1v) is 8.34. The number of aromatic nitrogens is 2. The minimum atomic E-state index is -0.549. The summed E-state index contributed by atoms with van der Waals surface area (Å²) in [5, 5.41) is 18.3. The summed E-state index contributed by atoms with van der Waals surface area (Å²) in [4.78, 5) is 0. The van der Waals surface area contributed by atoms with Crippen LogP contribution in [0.5, 0.6) is 5.88 Å². The first-order chi connectivity index (χ1) is 9.59. The highest BCUT2D eigenvalue weighted by atomic mass is 32.2. The lowest BCUT2D eigenvalue weighted by atomic mass is 9.97. The highest BCUT2D eigenvalue weighted by molar-refractivity contribution is 7.99. The number of rotatable bonds is 6. The van der Waals surface area contributed by atoms with Gasteiger partial charge in [0.2, 0.25) is 5.88 Å². The van der Waals surface area contributed by atoms with Gasteiger partial charge in [-0.15, -0.1) is 0 Å². The molecule has 0 saturated carbocycles. The van der Waals surface area contributed by atoms with E-state index in [9.17, 15) is 5.11 Å². The molecule has 0 bridgehead atoms. The summed E-state index contributed by atoms with van der Waals surface area (Å²) >= 11 is 1.92. The van der Waals surface area contributed by atoms with Crippen molar-refractivity contribution in [3.8, 4) is 5.88 Å². The molecule has 2 N–H and O–H groups in total.